The molecule has 0 saturated carbocycles. The van der Waals surface area contributed by atoms with Crippen molar-refractivity contribution in [2.45, 2.75) is 6.18 Å². The van der Waals surface area contributed by atoms with Crippen LogP contribution in [0.1, 0.15) is 11.1 Å². The summed E-state index contributed by atoms with van der Waals surface area (Å²) >= 11 is 5.31. The van der Waals surface area contributed by atoms with Crippen LogP contribution in [0.2, 0.25) is 5.02 Å². The molecule has 0 amide bonds. The molecule has 1 rings (SSSR count). The van der Waals surface area contributed by atoms with Gasteiger partial charge in [0.2, 0.25) is 0 Å². The second kappa shape index (κ2) is 3.23. The minimum absolute atomic E-state index is 0.281. The summed E-state index contributed by atoms with van der Waals surface area (Å²) in [4.78, 5) is 3.26. The van der Waals surface area contributed by atoms with Gasteiger partial charge in [0.1, 0.15) is 6.07 Å². The summed E-state index contributed by atoms with van der Waals surface area (Å²) in [6.07, 6.45) is -3.00. The van der Waals surface area contributed by atoms with Crippen LogP contribution in [0.4, 0.5) is 13.2 Å². The second-order valence-electron chi connectivity index (χ2n) is 2.16. The van der Waals surface area contributed by atoms with Crippen molar-refractivity contribution in [2.75, 3.05) is 0 Å². The van der Waals surface area contributed by atoms with Crippen LogP contribution in [-0.4, -0.2) is 4.98 Å². The van der Waals surface area contributed by atoms with Crippen LogP contribution in [0.15, 0.2) is 12.4 Å². The monoisotopic (exact) mass is 206 g/mol. The van der Waals surface area contributed by atoms with Gasteiger partial charge < -0.3 is 0 Å². The van der Waals surface area contributed by atoms with Gasteiger partial charge in [-0.15, -0.1) is 0 Å². The fraction of sp³-hybridized carbons (Fsp3) is 0.143. The molecule has 68 valence electrons. The van der Waals surface area contributed by atoms with E-state index in [9.17, 15) is 13.2 Å². The van der Waals surface area contributed by atoms with Crippen LogP contribution >= 0.6 is 11.6 Å². The highest BCUT2D eigenvalue weighted by atomic mass is 35.5. The third kappa shape index (κ3) is 1.90. The first kappa shape index (κ1) is 9.81. The zero-order valence-corrected chi connectivity index (χ0v) is 6.82. The van der Waals surface area contributed by atoms with E-state index in [2.05, 4.69) is 4.98 Å². The van der Waals surface area contributed by atoms with Crippen molar-refractivity contribution in [2.24, 2.45) is 0 Å². The highest BCUT2D eigenvalue weighted by Crippen LogP contribution is 2.35. The molecule has 0 spiro atoms. The average Bonchev–Trinajstić information content (AvgIpc) is 2.02. The number of aromatic nitrogens is 1. The smallest absolute Gasteiger partial charge is 0.263 e. The second-order valence-corrected chi connectivity index (χ2v) is 2.54. The predicted molar refractivity (Wildman–Crippen MR) is 39.0 cm³/mol. The highest BCUT2D eigenvalue weighted by molar-refractivity contribution is 6.32. The molecule has 1 heterocycles. The van der Waals surface area contributed by atoms with Gasteiger partial charge >= 0.3 is 6.18 Å². The summed E-state index contributed by atoms with van der Waals surface area (Å²) in [5.41, 5.74) is -1.37. The van der Waals surface area contributed by atoms with Crippen LogP contribution in [0.5, 0.6) is 0 Å². The van der Waals surface area contributed by atoms with Gasteiger partial charge in [-0.1, -0.05) is 11.6 Å². The van der Waals surface area contributed by atoms with E-state index in [1.165, 1.54) is 6.07 Å². The van der Waals surface area contributed by atoms with Gasteiger partial charge in [0.25, 0.3) is 0 Å². The summed E-state index contributed by atoms with van der Waals surface area (Å²) in [6.45, 7) is 0. The summed E-state index contributed by atoms with van der Waals surface area (Å²) < 4.78 is 36.4. The van der Waals surface area contributed by atoms with E-state index in [1.54, 1.807) is 0 Å². The molecule has 0 bridgehead atoms. The number of nitrogens with zero attached hydrogens (tertiary/aromatic N) is 2. The normalized spacial score (nSPS) is 11.0. The number of nitriles is 1. The van der Waals surface area contributed by atoms with Crippen molar-refractivity contribution in [3.8, 4) is 6.07 Å². The van der Waals surface area contributed by atoms with Crippen molar-refractivity contribution in [3.05, 3.63) is 28.5 Å². The highest BCUT2D eigenvalue weighted by Gasteiger charge is 2.34. The Morgan fingerprint density at radius 2 is 2.00 bits per heavy atom. The van der Waals surface area contributed by atoms with Crippen molar-refractivity contribution in [3.63, 3.8) is 0 Å². The standard InChI is InChI=1S/C7H2ClF3N2/c8-6-4(1-12)2-13-3-5(6)7(9,10)11/h2-3H. The Hall–Kier alpha value is -1.28. The van der Waals surface area contributed by atoms with Crippen LogP contribution in [0.3, 0.4) is 0 Å². The Balaban J connectivity index is 3.34. The number of hydrogen-bond acceptors (Lipinski definition) is 2. The molecular weight excluding hydrogens is 205 g/mol. The molecule has 0 N–H and O–H groups in total. The predicted octanol–water partition coefficient (Wildman–Crippen LogP) is 2.63. The third-order valence-corrected chi connectivity index (χ3v) is 1.71. The summed E-state index contributed by atoms with van der Waals surface area (Å²) in [6, 6.07) is 1.51. The zero-order chi connectivity index (χ0) is 10.1. The van der Waals surface area contributed by atoms with E-state index >= 15 is 0 Å². The molecule has 0 aliphatic heterocycles. The maximum atomic E-state index is 12.1. The van der Waals surface area contributed by atoms with Gasteiger partial charge in [-0.2, -0.15) is 18.4 Å². The lowest BCUT2D eigenvalue weighted by Crippen LogP contribution is -2.07. The van der Waals surface area contributed by atoms with E-state index in [0.29, 0.717) is 6.20 Å². The molecule has 1 aromatic rings. The Morgan fingerprint density at radius 1 is 1.38 bits per heavy atom. The Morgan fingerprint density at radius 3 is 2.46 bits per heavy atom. The molecule has 1 aromatic heterocycles. The lowest BCUT2D eigenvalue weighted by Gasteiger charge is -2.07. The largest absolute Gasteiger partial charge is 0.419 e. The fourth-order valence-electron chi connectivity index (χ4n) is 0.720. The van der Waals surface area contributed by atoms with Gasteiger partial charge in [-0.05, 0) is 0 Å². The average molecular weight is 207 g/mol. The van der Waals surface area contributed by atoms with E-state index in [4.69, 9.17) is 16.9 Å². The van der Waals surface area contributed by atoms with Gasteiger partial charge in [0, 0.05) is 12.4 Å². The fourth-order valence-corrected chi connectivity index (χ4v) is 0.967. The van der Waals surface area contributed by atoms with Crippen LogP contribution in [0, 0.1) is 11.3 Å². The van der Waals surface area contributed by atoms with Crippen LogP contribution < -0.4 is 0 Å². The summed E-state index contributed by atoms with van der Waals surface area (Å²) in [7, 11) is 0. The topological polar surface area (TPSA) is 36.7 Å². The molecule has 13 heavy (non-hydrogen) atoms. The molecular formula is C7H2ClF3N2. The minimum Gasteiger partial charge on any atom is -0.263 e. The van der Waals surface area contributed by atoms with E-state index in [0.717, 1.165) is 6.20 Å². The van der Waals surface area contributed by atoms with Crippen molar-refractivity contribution >= 4 is 11.6 Å². The lowest BCUT2D eigenvalue weighted by molar-refractivity contribution is -0.137. The van der Waals surface area contributed by atoms with E-state index in [1.807, 2.05) is 0 Å². The SMILES string of the molecule is N#Cc1cncc(C(F)(F)F)c1Cl. The first-order valence-electron chi connectivity index (χ1n) is 3.07. The van der Waals surface area contributed by atoms with Gasteiger partial charge in [0.05, 0.1) is 16.1 Å². The number of rotatable bonds is 0. The molecule has 0 atom stereocenters. The van der Waals surface area contributed by atoms with Crippen LogP contribution in [-0.2, 0) is 6.18 Å². The van der Waals surface area contributed by atoms with Crippen molar-refractivity contribution in [1.82, 2.24) is 4.98 Å². The quantitative estimate of drug-likeness (QED) is 0.654. The molecule has 0 fully saturated rings. The molecule has 0 radical (unpaired) electrons. The molecule has 0 aliphatic carbocycles. The molecule has 0 saturated heterocycles. The van der Waals surface area contributed by atoms with E-state index < -0.39 is 16.8 Å². The van der Waals surface area contributed by atoms with Crippen molar-refractivity contribution < 1.29 is 13.2 Å². The Bertz CT molecular complexity index is 367. The minimum atomic E-state index is -4.57. The Labute approximate surface area is 76.6 Å². The number of pyridine rings is 1. The molecule has 0 aromatic carbocycles. The molecule has 6 heteroatoms. The molecule has 0 unspecified atom stereocenters. The Kier molecular flexibility index (Phi) is 2.43. The lowest BCUT2D eigenvalue weighted by atomic mass is 10.2. The maximum absolute atomic E-state index is 12.1. The number of hydrogen-bond donors (Lipinski definition) is 0. The third-order valence-electron chi connectivity index (χ3n) is 1.31. The van der Waals surface area contributed by atoms with Crippen molar-refractivity contribution in [1.29, 1.82) is 5.26 Å². The number of halogens is 4. The molecule has 2 nitrogen and oxygen atoms in total. The van der Waals surface area contributed by atoms with Crippen LogP contribution in [0.25, 0.3) is 0 Å². The first-order valence-corrected chi connectivity index (χ1v) is 3.45. The van der Waals surface area contributed by atoms with Gasteiger partial charge in [-0.25, -0.2) is 0 Å². The number of alkyl halides is 3. The van der Waals surface area contributed by atoms with Gasteiger partial charge in [0.15, 0.2) is 0 Å². The molecule has 0 aliphatic rings. The summed E-state index contributed by atoms with van der Waals surface area (Å²) in [5, 5.41) is 7.76. The first-order chi connectivity index (χ1) is 5.96. The van der Waals surface area contributed by atoms with Gasteiger partial charge in [-0.3, -0.25) is 4.98 Å². The maximum Gasteiger partial charge on any atom is 0.419 e. The zero-order valence-electron chi connectivity index (χ0n) is 6.06. The summed E-state index contributed by atoms with van der Waals surface area (Å²) in [5.74, 6) is 0. The van der Waals surface area contributed by atoms with E-state index in [-0.39, 0.29) is 5.56 Å².